The molecule has 1 rings (SSSR count). The van der Waals surface area contributed by atoms with E-state index in [0.717, 1.165) is 10.8 Å². The van der Waals surface area contributed by atoms with Crippen LogP contribution in [0.15, 0.2) is 5.38 Å². The molecule has 0 spiro atoms. The summed E-state index contributed by atoms with van der Waals surface area (Å²) in [6.07, 6.45) is 0. The Kier molecular flexibility index (Phi) is 3.46. The fraction of sp³-hybridized carbons (Fsp3) is 0.556. The summed E-state index contributed by atoms with van der Waals surface area (Å²) in [7, 11) is 1.86. The second kappa shape index (κ2) is 4.41. The monoisotopic (exact) mass is 214 g/mol. The lowest BCUT2D eigenvalue weighted by Gasteiger charge is -2.17. The van der Waals surface area contributed by atoms with Gasteiger partial charge >= 0.3 is 5.97 Å². The minimum Gasteiger partial charge on any atom is -0.481 e. The van der Waals surface area contributed by atoms with Crippen LogP contribution in [0.4, 0.5) is 5.13 Å². The number of carbonyl (C=O) groups is 1. The number of hydrogen-bond acceptors (Lipinski definition) is 4. The summed E-state index contributed by atoms with van der Waals surface area (Å²) in [5.41, 5.74) is 0.972. The lowest BCUT2D eigenvalue weighted by molar-refractivity contribution is -0.140. The zero-order valence-corrected chi connectivity index (χ0v) is 9.34. The van der Waals surface area contributed by atoms with Crippen LogP contribution in [0.1, 0.15) is 12.6 Å². The topological polar surface area (TPSA) is 53.4 Å². The van der Waals surface area contributed by atoms with E-state index >= 15 is 0 Å². The van der Waals surface area contributed by atoms with E-state index in [1.54, 1.807) is 6.92 Å². The first kappa shape index (κ1) is 11.0. The molecule has 0 aliphatic rings. The van der Waals surface area contributed by atoms with Crippen molar-refractivity contribution in [3.8, 4) is 0 Å². The van der Waals surface area contributed by atoms with Crippen LogP contribution in [0.5, 0.6) is 0 Å². The first-order valence-corrected chi connectivity index (χ1v) is 5.24. The van der Waals surface area contributed by atoms with Gasteiger partial charge in [0.1, 0.15) is 0 Å². The van der Waals surface area contributed by atoms with Gasteiger partial charge in [-0.05, 0) is 6.92 Å². The van der Waals surface area contributed by atoms with Gasteiger partial charge in [0, 0.05) is 19.0 Å². The molecule has 0 aliphatic heterocycles. The summed E-state index contributed by atoms with van der Waals surface area (Å²) < 4.78 is 0. The van der Waals surface area contributed by atoms with E-state index < -0.39 is 5.97 Å². The molecule has 1 N–H and O–H groups in total. The predicted octanol–water partition coefficient (Wildman–Crippen LogP) is 1.61. The maximum absolute atomic E-state index is 10.6. The van der Waals surface area contributed by atoms with Gasteiger partial charge in [-0.2, -0.15) is 0 Å². The normalized spacial score (nSPS) is 12.5. The third-order valence-electron chi connectivity index (χ3n) is 1.90. The van der Waals surface area contributed by atoms with Crippen LogP contribution in [-0.2, 0) is 4.79 Å². The molecule has 0 aromatic carbocycles. The highest BCUT2D eigenvalue weighted by Crippen LogP contribution is 2.19. The van der Waals surface area contributed by atoms with Crippen molar-refractivity contribution < 1.29 is 9.90 Å². The zero-order chi connectivity index (χ0) is 10.7. The number of carboxylic acids is 1. The lowest BCUT2D eigenvalue weighted by atomic mass is 10.2. The maximum atomic E-state index is 10.6. The molecule has 0 bridgehead atoms. The smallest absolute Gasteiger partial charge is 0.308 e. The number of nitrogens with zero attached hydrogens (tertiary/aromatic N) is 2. The summed E-state index contributed by atoms with van der Waals surface area (Å²) in [6, 6.07) is 0. The van der Waals surface area contributed by atoms with Gasteiger partial charge in [0.05, 0.1) is 11.6 Å². The van der Waals surface area contributed by atoms with E-state index in [1.807, 2.05) is 24.3 Å². The Balaban J connectivity index is 2.58. The molecule has 0 saturated heterocycles. The maximum Gasteiger partial charge on any atom is 0.308 e. The molecule has 0 saturated carbocycles. The fourth-order valence-corrected chi connectivity index (χ4v) is 1.86. The Morgan fingerprint density at radius 3 is 2.86 bits per heavy atom. The standard InChI is InChI=1S/C9H14N2O2S/c1-6(8(12)13)4-11(3)9-10-7(2)5-14-9/h5-6H,4H2,1-3H3,(H,12,13). The van der Waals surface area contributed by atoms with Crippen LogP contribution in [0.25, 0.3) is 0 Å². The number of thiazole rings is 1. The molecule has 0 radical (unpaired) electrons. The molecule has 1 aromatic rings. The van der Waals surface area contributed by atoms with E-state index in [2.05, 4.69) is 4.98 Å². The van der Waals surface area contributed by atoms with E-state index in [1.165, 1.54) is 11.3 Å². The zero-order valence-electron chi connectivity index (χ0n) is 8.52. The van der Waals surface area contributed by atoms with E-state index in [9.17, 15) is 4.79 Å². The van der Waals surface area contributed by atoms with Crippen molar-refractivity contribution in [1.82, 2.24) is 4.98 Å². The Morgan fingerprint density at radius 1 is 1.79 bits per heavy atom. The molecule has 0 aliphatic carbocycles. The highest BCUT2D eigenvalue weighted by Gasteiger charge is 2.15. The number of aryl methyl sites for hydroxylation is 1. The SMILES string of the molecule is Cc1csc(N(C)CC(C)C(=O)O)n1. The summed E-state index contributed by atoms with van der Waals surface area (Å²) >= 11 is 1.53. The third kappa shape index (κ3) is 2.70. The largest absolute Gasteiger partial charge is 0.481 e. The van der Waals surface area contributed by atoms with Crippen LogP contribution in [0.2, 0.25) is 0 Å². The van der Waals surface area contributed by atoms with Gasteiger partial charge in [-0.15, -0.1) is 11.3 Å². The Labute approximate surface area is 87.2 Å². The van der Waals surface area contributed by atoms with Crippen LogP contribution in [0.3, 0.4) is 0 Å². The van der Waals surface area contributed by atoms with Gasteiger partial charge in [-0.1, -0.05) is 6.92 Å². The van der Waals surface area contributed by atoms with Gasteiger partial charge in [0.25, 0.3) is 0 Å². The summed E-state index contributed by atoms with van der Waals surface area (Å²) in [4.78, 5) is 16.8. The fourth-order valence-electron chi connectivity index (χ4n) is 1.08. The highest BCUT2D eigenvalue weighted by molar-refractivity contribution is 7.13. The number of anilines is 1. The average Bonchev–Trinajstić information content (AvgIpc) is 2.51. The van der Waals surface area contributed by atoms with Gasteiger partial charge in [0.2, 0.25) is 0 Å². The van der Waals surface area contributed by atoms with Crippen molar-refractivity contribution in [2.24, 2.45) is 5.92 Å². The first-order chi connectivity index (χ1) is 6.50. The van der Waals surface area contributed by atoms with Gasteiger partial charge in [0.15, 0.2) is 5.13 Å². The average molecular weight is 214 g/mol. The number of carboxylic acid groups (broad SMARTS) is 1. The molecule has 78 valence electrons. The molecule has 0 amide bonds. The van der Waals surface area contributed by atoms with Gasteiger partial charge < -0.3 is 10.0 Å². The van der Waals surface area contributed by atoms with Crippen LogP contribution in [0, 0.1) is 12.8 Å². The second-order valence-corrected chi connectivity index (χ2v) is 4.23. The highest BCUT2D eigenvalue weighted by atomic mass is 32.1. The number of rotatable bonds is 4. The molecule has 14 heavy (non-hydrogen) atoms. The second-order valence-electron chi connectivity index (χ2n) is 3.39. The van der Waals surface area contributed by atoms with Crippen molar-refractivity contribution in [2.45, 2.75) is 13.8 Å². The number of hydrogen-bond donors (Lipinski definition) is 1. The lowest BCUT2D eigenvalue weighted by Crippen LogP contribution is -2.28. The van der Waals surface area contributed by atoms with E-state index in [-0.39, 0.29) is 5.92 Å². The molecule has 5 heteroatoms. The molecular weight excluding hydrogens is 200 g/mol. The predicted molar refractivity (Wildman–Crippen MR) is 56.9 cm³/mol. The van der Waals surface area contributed by atoms with Crippen molar-refractivity contribution in [3.05, 3.63) is 11.1 Å². The van der Waals surface area contributed by atoms with Crippen LogP contribution in [-0.4, -0.2) is 29.7 Å². The summed E-state index contributed by atoms with van der Waals surface area (Å²) in [5.74, 6) is -1.14. The molecule has 0 fully saturated rings. The van der Waals surface area contributed by atoms with Gasteiger partial charge in [-0.25, -0.2) is 4.98 Å². The van der Waals surface area contributed by atoms with Crippen molar-refractivity contribution in [1.29, 1.82) is 0 Å². The van der Waals surface area contributed by atoms with Crippen LogP contribution >= 0.6 is 11.3 Å². The summed E-state index contributed by atoms with van der Waals surface area (Å²) in [6.45, 7) is 4.11. The van der Waals surface area contributed by atoms with Gasteiger partial charge in [-0.3, -0.25) is 4.79 Å². The van der Waals surface area contributed by atoms with Crippen LogP contribution < -0.4 is 4.90 Å². The molecule has 1 atom stereocenters. The Bertz CT molecular complexity index is 324. The summed E-state index contributed by atoms with van der Waals surface area (Å²) in [5, 5.41) is 11.6. The molecule has 1 heterocycles. The third-order valence-corrected chi connectivity index (χ3v) is 2.98. The quantitative estimate of drug-likeness (QED) is 0.827. The number of aromatic nitrogens is 1. The van der Waals surface area contributed by atoms with Crippen molar-refractivity contribution >= 4 is 22.4 Å². The molecule has 1 unspecified atom stereocenters. The minimum absolute atomic E-state index is 0.371. The first-order valence-electron chi connectivity index (χ1n) is 4.36. The molecule has 1 aromatic heterocycles. The molecular formula is C9H14N2O2S. The number of aliphatic carboxylic acids is 1. The van der Waals surface area contributed by atoms with E-state index in [4.69, 9.17) is 5.11 Å². The molecule has 4 nitrogen and oxygen atoms in total. The van der Waals surface area contributed by atoms with Crippen molar-refractivity contribution in [3.63, 3.8) is 0 Å². The Hall–Kier alpha value is -1.10. The minimum atomic E-state index is -0.773. The van der Waals surface area contributed by atoms with Crippen molar-refractivity contribution in [2.75, 3.05) is 18.5 Å². The Morgan fingerprint density at radius 2 is 2.43 bits per heavy atom. The van der Waals surface area contributed by atoms with E-state index in [0.29, 0.717) is 6.54 Å².